The fourth-order valence-electron chi connectivity index (χ4n) is 1.23. The van der Waals surface area contributed by atoms with Crippen LogP contribution in [0.5, 0.6) is 11.5 Å². The molecule has 0 unspecified atom stereocenters. The summed E-state index contributed by atoms with van der Waals surface area (Å²) in [6.07, 6.45) is 2.44. The van der Waals surface area contributed by atoms with E-state index in [0.717, 1.165) is 6.08 Å². The molecule has 0 atom stereocenters. The summed E-state index contributed by atoms with van der Waals surface area (Å²) in [6, 6.07) is 4.91. The van der Waals surface area contributed by atoms with E-state index in [1.165, 1.54) is 13.2 Å². The Labute approximate surface area is 98.3 Å². The van der Waals surface area contributed by atoms with Crippen LogP contribution in [0.3, 0.4) is 0 Å². The lowest BCUT2D eigenvalue weighted by Gasteiger charge is -2.09. The van der Waals surface area contributed by atoms with Crippen LogP contribution in [0, 0.1) is 0 Å². The van der Waals surface area contributed by atoms with Crippen LogP contribution in [0.1, 0.15) is 5.56 Å². The zero-order valence-electron chi connectivity index (χ0n) is 9.35. The number of methoxy groups -OCH3 is 1. The number of carboxylic acid groups (broad SMARTS) is 1. The van der Waals surface area contributed by atoms with Gasteiger partial charge in [0.05, 0.1) is 7.11 Å². The lowest BCUT2D eigenvalue weighted by Crippen LogP contribution is -2.00. The second kappa shape index (κ2) is 6.52. The molecular weight excluding hydrogens is 227 g/mol. The molecule has 0 radical (unpaired) electrons. The average Bonchev–Trinajstić information content (AvgIpc) is 2.33. The highest BCUT2D eigenvalue weighted by molar-refractivity contribution is 5.85. The monoisotopic (exact) mass is 240 g/mol. The van der Waals surface area contributed by atoms with Crippen LogP contribution in [-0.4, -0.2) is 31.5 Å². The molecule has 0 aliphatic carbocycles. The first-order valence-corrected chi connectivity index (χ1v) is 4.95. The number of aliphatic carboxylic acids is 1. The fourth-order valence-corrected chi connectivity index (χ4v) is 1.23. The summed E-state index contributed by atoms with van der Waals surface area (Å²) in [6.45, 7) is -0.666. The number of alkyl halides is 1. The first kappa shape index (κ1) is 13.0. The quantitative estimate of drug-likeness (QED) is 0.774. The topological polar surface area (TPSA) is 55.8 Å². The Bertz CT molecular complexity index is 415. The number of hydrogen-bond donors (Lipinski definition) is 1. The number of carboxylic acids is 1. The molecule has 0 fully saturated rings. The Morgan fingerprint density at radius 2 is 2.24 bits per heavy atom. The summed E-state index contributed by atoms with van der Waals surface area (Å²) >= 11 is 0. The van der Waals surface area contributed by atoms with Gasteiger partial charge < -0.3 is 14.6 Å². The van der Waals surface area contributed by atoms with Crippen LogP contribution in [0.15, 0.2) is 24.3 Å². The summed E-state index contributed by atoms with van der Waals surface area (Å²) in [5.41, 5.74) is 0.641. The maximum Gasteiger partial charge on any atom is 0.328 e. The third kappa shape index (κ3) is 4.14. The Hall–Kier alpha value is -2.04. The number of halogens is 1. The molecule has 0 saturated heterocycles. The first-order chi connectivity index (χ1) is 8.17. The van der Waals surface area contributed by atoms with Gasteiger partial charge >= 0.3 is 5.97 Å². The molecule has 0 aromatic heterocycles. The van der Waals surface area contributed by atoms with Crippen LogP contribution < -0.4 is 9.47 Å². The molecule has 0 amide bonds. The molecule has 0 spiro atoms. The van der Waals surface area contributed by atoms with E-state index in [1.54, 1.807) is 18.2 Å². The Balaban J connectivity index is 2.91. The molecule has 4 nitrogen and oxygen atoms in total. The molecule has 0 bridgehead atoms. The van der Waals surface area contributed by atoms with Crippen molar-refractivity contribution in [2.24, 2.45) is 0 Å². The highest BCUT2D eigenvalue weighted by atomic mass is 19.1. The largest absolute Gasteiger partial charge is 0.493 e. The van der Waals surface area contributed by atoms with Gasteiger partial charge in [-0.15, -0.1) is 0 Å². The second-order valence-corrected chi connectivity index (χ2v) is 3.12. The van der Waals surface area contributed by atoms with E-state index in [0.29, 0.717) is 17.1 Å². The number of hydrogen-bond acceptors (Lipinski definition) is 3. The molecule has 17 heavy (non-hydrogen) atoms. The summed E-state index contributed by atoms with van der Waals surface area (Å²) in [5, 5.41) is 8.49. The van der Waals surface area contributed by atoms with Gasteiger partial charge in [0.2, 0.25) is 0 Å². The van der Waals surface area contributed by atoms with Gasteiger partial charge in [-0.05, 0) is 23.8 Å². The van der Waals surface area contributed by atoms with Crippen molar-refractivity contribution >= 4 is 12.0 Å². The maximum atomic E-state index is 12.0. The average molecular weight is 240 g/mol. The van der Waals surface area contributed by atoms with E-state index in [4.69, 9.17) is 14.6 Å². The van der Waals surface area contributed by atoms with Crippen LogP contribution in [0.4, 0.5) is 4.39 Å². The summed E-state index contributed by atoms with van der Waals surface area (Å²) in [5.74, 6) is -0.171. The van der Waals surface area contributed by atoms with Crippen molar-refractivity contribution in [3.63, 3.8) is 0 Å². The van der Waals surface area contributed by atoms with E-state index in [-0.39, 0.29) is 6.61 Å². The number of rotatable bonds is 6. The van der Waals surface area contributed by atoms with Crippen LogP contribution in [-0.2, 0) is 4.79 Å². The molecule has 0 saturated carbocycles. The molecule has 0 heterocycles. The van der Waals surface area contributed by atoms with Crippen molar-refractivity contribution in [1.82, 2.24) is 0 Å². The van der Waals surface area contributed by atoms with Gasteiger partial charge in [-0.25, -0.2) is 9.18 Å². The summed E-state index contributed by atoms with van der Waals surface area (Å²) in [4.78, 5) is 10.4. The van der Waals surface area contributed by atoms with Gasteiger partial charge in [-0.3, -0.25) is 0 Å². The van der Waals surface area contributed by atoms with Gasteiger partial charge in [0, 0.05) is 6.08 Å². The van der Waals surface area contributed by atoms with Gasteiger partial charge in [0.1, 0.15) is 13.3 Å². The molecule has 0 aliphatic rings. The third-order valence-corrected chi connectivity index (χ3v) is 1.94. The molecule has 1 aromatic rings. The van der Waals surface area contributed by atoms with Crippen LogP contribution in [0.2, 0.25) is 0 Å². The normalized spacial score (nSPS) is 10.5. The molecule has 1 aromatic carbocycles. The number of carbonyl (C=O) groups is 1. The molecule has 1 N–H and O–H groups in total. The Morgan fingerprint density at radius 1 is 1.47 bits per heavy atom. The van der Waals surface area contributed by atoms with Crippen molar-refractivity contribution in [3.05, 3.63) is 29.8 Å². The predicted molar refractivity (Wildman–Crippen MR) is 61.1 cm³/mol. The molecular formula is C12H13FO4. The Kier molecular flexibility index (Phi) is 5.00. The fraction of sp³-hybridized carbons (Fsp3) is 0.250. The SMILES string of the molecule is COc1ccc(/C=C/C(=O)O)cc1OCCF. The van der Waals surface area contributed by atoms with E-state index < -0.39 is 12.6 Å². The van der Waals surface area contributed by atoms with Crippen LogP contribution >= 0.6 is 0 Å². The van der Waals surface area contributed by atoms with E-state index in [1.807, 2.05) is 0 Å². The minimum absolute atomic E-state index is 0.0670. The third-order valence-electron chi connectivity index (χ3n) is 1.94. The summed E-state index contributed by atoms with van der Waals surface area (Å²) < 4.78 is 22.2. The predicted octanol–water partition coefficient (Wildman–Crippen LogP) is 2.14. The maximum absolute atomic E-state index is 12.0. The number of ether oxygens (including phenoxy) is 2. The van der Waals surface area contributed by atoms with Crippen molar-refractivity contribution in [3.8, 4) is 11.5 Å². The van der Waals surface area contributed by atoms with Crippen molar-refractivity contribution < 1.29 is 23.8 Å². The van der Waals surface area contributed by atoms with Gasteiger partial charge in [-0.1, -0.05) is 6.07 Å². The zero-order valence-corrected chi connectivity index (χ0v) is 9.35. The van der Waals surface area contributed by atoms with Gasteiger partial charge in [-0.2, -0.15) is 0 Å². The van der Waals surface area contributed by atoms with E-state index in [9.17, 15) is 9.18 Å². The molecule has 5 heteroatoms. The smallest absolute Gasteiger partial charge is 0.328 e. The van der Waals surface area contributed by atoms with Crippen LogP contribution in [0.25, 0.3) is 6.08 Å². The van der Waals surface area contributed by atoms with Gasteiger partial charge in [0.15, 0.2) is 11.5 Å². The molecule has 0 aliphatic heterocycles. The van der Waals surface area contributed by atoms with Crippen molar-refractivity contribution in [2.45, 2.75) is 0 Å². The Morgan fingerprint density at radius 3 is 2.82 bits per heavy atom. The lowest BCUT2D eigenvalue weighted by atomic mass is 10.2. The number of benzene rings is 1. The standard InChI is InChI=1S/C12H13FO4/c1-16-10-4-2-9(3-5-12(14)15)8-11(10)17-7-6-13/h2-5,8H,6-7H2,1H3,(H,14,15)/b5-3+. The molecule has 1 rings (SSSR count). The highest BCUT2D eigenvalue weighted by Crippen LogP contribution is 2.28. The lowest BCUT2D eigenvalue weighted by molar-refractivity contribution is -0.131. The summed E-state index contributed by atoms with van der Waals surface area (Å²) in [7, 11) is 1.48. The van der Waals surface area contributed by atoms with Crippen molar-refractivity contribution in [2.75, 3.05) is 20.4 Å². The van der Waals surface area contributed by atoms with E-state index in [2.05, 4.69) is 0 Å². The second-order valence-electron chi connectivity index (χ2n) is 3.12. The minimum Gasteiger partial charge on any atom is -0.493 e. The zero-order chi connectivity index (χ0) is 12.7. The van der Waals surface area contributed by atoms with Gasteiger partial charge in [0.25, 0.3) is 0 Å². The highest BCUT2D eigenvalue weighted by Gasteiger charge is 2.04. The molecule has 92 valence electrons. The van der Waals surface area contributed by atoms with E-state index >= 15 is 0 Å². The van der Waals surface area contributed by atoms with Crippen molar-refractivity contribution in [1.29, 1.82) is 0 Å². The first-order valence-electron chi connectivity index (χ1n) is 4.95. The minimum atomic E-state index is -1.04.